The zero-order valence-electron chi connectivity index (χ0n) is 14.2. The molecule has 1 rings (SSSR count). The molecule has 6 heteroatoms. The van der Waals surface area contributed by atoms with Crippen LogP contribution in [0.5, 0.6) is 11.5 Å². The number of ether oxygens (including phenoxy) is 3. The van der Waals surface area contributed by atoms with Crippen molar-refractivity contribution in [1.82, 2.24) is 0 Å². The molecule has 0 heterocycles. The highest BCUT2D eigenvalue weighted by Gasteiger charge is 2.01. The van der Waals surface area contributed by atoms with Crippen LogP contribution in [0, 0.1) is 0 Å². The normalized spacial score (nSPS) is 12.6. The fourth-order valence-electron chi connectivity index (χ4n) is 1.99. The van der Waals surface area contributed by atoms with Crippen molar-refractivity contribution in [2.75, 3.05) is 40.1 Å². The van der Waals surface area contributed by atoms with Crippen LogP contribution in [0.3, 0.4) is 0 Å². The summed E-state index contributed by atoms with van der Waals surface area (Å²) in [6.07, 6.45) is 5.91. The minimum Gasteiger partial charge on any atom is -0.504 e. The summed E-state index contributed by atoms with van der Waals surface area (Å²) < 4.78 is 15.8. The second-order valence-electron chi connectivity index (χ2n) is 5.38. The molecule has 0 aliphatic rings. The van der Waals surface area contributed by atoms with Gasteiger partial charge in [-0.1, -0.05) is 18.2 Å². The van der Waals surface area contributed by atoms with E-state index in [2.05, 4.69) is 0 Å². The number of aliphatic hydroxyl groups excluding tert-OH is 2. The molecule has 1 unspecified atom stereocenters. The number of unbranched alkanes of at least 4 members (excludes halogenated alkanes) is 2. The van der Waals surface area contributed by atoms with Crippen molar-refractivity contribution in [1.29, 1.82) is 0 Å². The molecule has 0 aliphatic heterocycles. The zero-order valence-corrected chi connectivity index (χ0v) is 14.2. The van der Waals surface area contributed by atoms with Gasteiger partial charge in [0.2, 0.25) is 0 Å². The summed E-state index contributed by atoms with van der Waals surface area (Å²) in [5.74, 6) is 0.576. The molecule has 1 aromatic carbocycles. The summed E-state index contributed by atoms with van der Waals surface area (Å²) in [5.41, 5.74) is 0.940. The van der Waals surface area contributed by atoms with Crippen molar-refractivity contribution in [3.63, 3.8) is 0 Å². The molecular weight excluding hydrogens is 312 g/mol. The number of aliphatic hydroxyl groups is 2. The second kappa shape index (κ2) is 12.8. The lowest BCUT2D eigenvalue weighted by atomic mass is 10.2. The largest absolute Gasteiger partial charge is 0.504 e. The molecule has 0 saturated carbocycles. The Hall–Kier alpha value is -1.60. The SMILES string of the molecule is COc1cc(C=CCOCCCCCOCC(O)CO)ccc1O. The standard InChI is InChI=1S/C18H28O6/c1-22-18-12-15(7-8-17(18)21)6-5-11-23-9-3-2-4-10-24-14-16(20)13-19/h5-8,12,16,19-21H,2-4,9-11,13-14H2,1H3. The Kier molecular flexibility index (Phi) is 10.9. The van der Waals surface area contributed by atoms with Crippen LogP contribution < -0.4 is 4.74 Å². The first kappa shape index (κ1) is 20.4. The number of hydrogen-bond donors (Lipinski definition) is 3. The van der Waals surface area contributed by atoms with Gasteiger partial charge in [-0.15, -0.1) is 0 Å². The summed E-state index contributed by atoms with van der Waals surface area (Å²) in [6, 6.07) is 5.17. The Labute approximate surface area is 143 Å². The van der Waals surface area contributed by atoms with Gasteiger partial charge in [0.1, 0.15) is 6.10 Å². The number of phenols is 1. The van der Waals surface area contributed by atoms with E-state index in [9.17, 15) is 5.11 Å². The van der Waals surface area contributed by atoms with E-state index in [4.69, 9.17) is 24.4 Å². The first-order valence-corrected chi connectivity index (χ1v) is 8.15. The van der Waals surface area contributed by atoms with Crippen LogP contribution in [-0.4, -0.2) is 61.6 Å². The molecule has 0 fully saturated rings. The number of phenolic OH excluding ortho intramolecular Hbond substituents is 1. The predicted octanol–water partition coefficient (Wildman–Crippen LogP) is 1.97. The maximum Gasteiger partial charge on any atom is 0.161 e. The lowest BCUT2D eigenvalue weighted by Crippen LogP contribution is -2.19. The third-order valence-corrected chi connectivity index (χ3v) is 3.33. The molecule has 1 atom stereocenters. The van der Waals surface area contributed by atoms with E-state index in [1.165, 1.54) is 7.11 Å². The maximum absolute atomic E-state index is 9.51. The van der Waals surface area contributed by atoms with Gasteiger partial charge in [0.25, 0.3) is 0 Å². The number of benzene rings is 1. The summed E-state index contributed by atoms with van der Waals surface area (Å²) in [4.78, 5) is 0. The Morgan fingerprint density at radius 3 is 2.58 bits per heavy atom. The molecule has 0 bridgehead atoms. The highest BCUT2D eigenvalue weighted by molar-refractivity contribution is 5.55. The van der Waals surface area contributed by atoms with E-state index in [1.54, 1.807) is 12.1 Å². The summed E-state index contributed by atoms with van der Waals surface area (Å²) >= 11 is 0. The first-order chi connectivity index (χ1) is 11.7. The van der Waals surface area contributed by atoms with Crippen molar-refractivity contribution < 1.29 is 29.5 Å². The van der Waals surface area contributed by atoms with Crippen LogP contribution in [0.2, 0.25) is 0 Å². The number of hydrogen-bond acceptors (Lipinski definition) is 6. The highest BCUT2D eigenvalue weighted by Crippen LogP contribution is 2.26. The zero-order chi connectivity index (χ0) is 17.6. The predicted molar refractivity (Wildman–Crippen MR) is 92.3 cm³/mol. The topological polar surface area (TPSA) is 88.4 Å². The molecule has 6 nitrogen and oxygen atoms in total. The van der Waals surface area contributed by atoms with Crippen molar-refractivity contribution in [3.05, 3.63) is 29.8 Å². The average Bonchev–Trinajstić information content (AvgIpc) is 2.60. The van der Waals surface area contributed by atoms with Gasteiger partial charge < -0.3 is 29.5 Å². The lowest BCUT2D eigenvalue weighted by Gasteiger charge is -2.08. The van der Waals surface area contributed by atoms with Crippen molar-refractivity contribution in [3.8, 4) is 11.5 Å². The van der Waals surface area contributed by atoms with Crippen molar-refractivity contribution in [2.45, 2.75) is 25.4 Å². The van der Waals surface area contributed by atoms with Gasteiger partial charge in [-0.2, -0.15) is 0 Å². The Balaban J connectivity index is 2.02. The molecule has 0 saturated heterocycles. The maximum atomic E-state index is 9.51. The number of rotatable bonds is 13. The average molecular weight is 340 g/mol. The number of methoxy groups -OCH3 is 1. The molecule has 0 amide bonds. The van der Waals surface area contributed by atoms with Crippen LogP contribution in [-0.2, 0) is 9.47 Å². The molecule has 3 N–H and O–H groups in total. The van der Waals surface area contributed by atoms with E-state index in [0.29, 0.717) is 25.6 Å². The Morgan fingerprint density at radius 1 is 1.12 bits per heavy atom. The highest BCUT2D eigenvalue weighted by atomic mass is 16.5. The molecule has 136 valence electrons. The van der Waals surface area contributed by atoms with E-state index in [-0.39, 0.29) is 19.0 Å². The molecule has 0 radical (unpaired) electrons. The summed E-state index contributed by atoms with van der Waals surface area (Å²) in [6.45, 7) is 1.71. The molecular formula is C18H28O6. The van der Waals surface area contributed by atoms with E-state index < -0.39 is 6.10 Å². The van der Waals surface area contributed by atoms with Crippen LogP contribution >= 0.6 is 0 Å². The summed E-state index contributed by atoms with van der Waals surface area (Å²) in [5, 5.41) is 27.2. The van der Waals surface area contributed by atoms with Gasteiger partial charge in [-0.05, 0) is 37.0 Å². The monoisotopic (exact) mass is 340 g/mol. The minimum atomic E-state index is -0.784. The first-order valence-electron chi connectivity index (χ1n) is 8.15. The van der Waals surface area contributed by atoms with Crippen LogP contribution in [0.15, 0.2) is 24.3 Å². The number of aromatic hydroxyl groups is 1. The minimum absolute atomic E-state index is 0.126. The molecule has 1 aromatic rings. The van der Waals surface area contributed by atoms with E-state index in [1.807, 2.05) is 18.2 Å². The van der Waals surface area contributed by atoms with Gasteiger partial charge in [0.15, 0.2) is 11.5 Å². The third kappa shape index (κ3) is 8.88. The Bertz CT molecular complexity index is 475. The Morgan fingerprint density at radius 2 is 1.88 bits per heavy atom. The van der Waals surface area contributed by atoms with Gasteiger partial charge in [0, 0.05) is 13.2 Å². The van der Waals surface area contributed by atoms with E-state index >= 15 is 0 Å². The lowest BCUT2D eigenvalue weighted by molar-refractivity contribution is 0.00495. The van der Waals surface area contributed by atoms with Crippen LogP contribution in [0.25, 0.3) is 6.08 Å². The molecule has 0 aliphatic carbocycles. The molecule has 24 heavy (non-hydrogen) atoms. The fraction of sp³-hybridized carbons (Fsp3) is 0.556. The van der Waals surface area contributed by atoms with Gasteiger partial charge in [0.05, 0.1) is 26.9 Å². The summed E-state index contributed by atoms with van der Waals surface area (Å²) in [7, 11) is 1.52. The third-order valence-electron chi connectivity index (χ3n) is 3.33. The fourth-order valence-corrected chi connectivity index (χ4v) is 1.99. The molecule has 0 spiro atoms. The van der Waals surface area contributed by atoms with Gasteiger partial charge in [-0.25, -0.2) is 0 Å². The van der Waals surface area contributed by atoms with Gasteiger partial charge in [-0.3, -0.25) is 0 Å². The van der Waals surface area contributed by atoms with E-state index in [0.717, 1.165) is 24.8 Å². The second-order valence-corrected chi connectivity index (χ2v) is 5.38. The van der Waals surface area contributed by atoms with Crippen molar-refractivity contribution in [2.24, 2.45) is 0 Å². The quantitative estimate of drug-likeness (QED) is 0.476. The van der Waals surface area contributed by atoms with Crippen molar-refractivity contribution >= 4 is 6.08 Å². The molecule has 0 aromatic heterocycles. The smallest absolute Gasteiger partial charge is 0.161 e. The van der Waals surface area contributed by atoms with Crippen LogP contribution in [0.1, 0.15) is 24.8 Å². The van der Waals surface area contributed by atoms with Gasteiger partial charge >= 0.3 is 0 Å². The van der Waals surface area contributed by atoms with Crippen LogP contribution in [0.4, 0.5) is 0 Å².